The maximum absolute atomic E-state index is 11.9. The molecular weight excluding hydrogens is 268 g/mol. The molecule has 0 fully saturated rings. The number of nitrogens with two attached hydrogens (primary N) is 2. The fraction of sp³-hybridized carbons (Fsp3) is 0.0667. The molecule has 0 saturated carbocycles. The third kappa shape index (κ3) is 2.27. The van der Waals surface area contributed by atoms with Crippen LogP contribution in [0.3, 0.4) is 0 Å². The third-order valence-electron chi connectivity index (χ3n) is 3.35. The fourth-order valence-corrected chi connectivity index (χ4v) is 2.43. The Hall–Kier alpha value is -3.02. The molecule has 106 valence electrons. The molecule has 6 nitrogen and oxygen atoms in total. The number of primary amides is 1. The van der Waals surface area contributed by atoms with Gasteiger partial charge in [-0.2, -0.15) is 0 Å². The van der Waals surface area contributed by atoms with Crippen LogP contribution >= 0.6 is 0 Å². The first kappa shape index (κ1) is 13.0. The zero-order valence-corrected chi connectivity index (χ0v) is 11.2. The zero-order chi connectivity index (χ0) is 15.0. The van der Waals surface area contributed by atoms with E-state index in [1.807, 2.05) is 18.2 Å². The molecule has 0 bridgehead atoms. The highest BCUT2D eigenvalue weighted by Gasteiger charge is 2.25. The van der Waals surface area contributed by atoms with Crippen LogP contribution in [0.1, 0.15) is 10.4 Å². The lowest BCUT2D eigenvalue weighted by atomic mass is 10.1. The number of nitrogens with one attached hydrogen (secondary N) is 1. The van der Waals surface area contributed by atoms with Crippen molar-refractivity contribution in [1.82, 2.24) is 0 Å². The van der Waals surface area contributed by atoms with Gasteiger partial charge in [0.2, 0.25) is 5.91 Å². The molecule has 1 aliphatic heterocycles. The summed E-state index contributed by atoms with van der Waals surface area (Å²) in [5, 5.41) is 2.79. The van der Waals surface area contributed by atoms with Crippen molar-refractivity contribution in [2.24, 2.45) is 5.73 Å². The number of anilines is 4. The van der Waals surface area contributed by atoms with Gasteiger partial charge in [-0.3, -0.25) is 9.59 Å². The Kier molecular flexibility index (Phi) is 2.98. The van der Waals surface area contributed by atoms with Crippen molar-refractivity contribution in [2.45, 2.75) is 0 Å². The number of para-hydroxylation sites is 2. The first-order valence-corrected chi connectivity index (χ1v) is 6.42. The second-order valence-corrected chi connectivity index (χ2v) is 4.79. The molecule has 2 aromatic carbocycles. The summed E-state index contributed by atoms with van der Waals surface area (Å²) in [6.07, 6.45) is 0. The fourth-order valence-electron chi connectivity index (χ4n) is 2.43. The van der Waals surface area contributed by atoms with E-state index in [-0.39, 0.29) is 12.5 Å². The van der Waals surface area contributed by atoms with Gasteiger partial charge in [-0.05, 0) is 30.3 Å². The van der Waals surface area contributed by atoms with Gasteiger partial charge in [0, 0.05) is 5.69 Å². The molecule has 0 spiro atoms. The third-order valence-corrected chi connectivity index (χ3v) is 3.35. The van der Waals surface area contributed by atoms with E-state index in [0.717, 1.165) is 5.69 Å². The van der Waals surface area contributed by atoms with E-state index in [9.17, 15) is 9.59 Å². The summed E-state index contributed by atoms with van der Waals surface area (Å²) < 4.78 is 0. The lowest BCUT2D eigenvalue weighted by Gasteiger charge is -2.32. The van der Waals surface area contributed by atoms with Crippen molar-refractivity contribution in [3.63, 3.8) is 0 Å². The van der Waals surface area contributed by atoms with Gasteiger partial charge in [-0.15, -0.1) is 0 Å². The number of fused-ring (bicyclic) bond motifs is 1. The predicted octanol–water partition coefficient (Wildman–Crippen LogP) is 1.46. The number of carbonyl (C=O) groups excluding carboxylic acids is 2. The number of benzene rings is 2. The monoisotopic (exact) mass is 282 g/mol. The van der Waals surface area contributed by atoms with Crippen LogP contribution in [0.4, 0.5) is 22.7 Å². The summed E-state index contributed by atoms with van der Waals surface area (Å²) in [4.78, 5) is 25.2. The summed E-state index contributed by atoms with van der Waals surface area (Å²) in [5.74, 6) is -0.722. The predicted molar refractivity (Wildman–Crippen MR) is 81.5 cm³/mol. The molecule has 6 heteroatoms. The Labute approximate surface area is 121 Å². The van der Waals surface area contributed by atoms with Gasteiger partial charge < -0.3 is 21.7 Å². The largest absolute Gasteiger partial charge is 0.399 e. The number of carbonyl (C=O) groups is 2. The molecule has 2 aromatic rings. The van der Waals surface area contributed by atoms with Crippen molar-refractivity contribution >= 4 is 34.6 Å². The van der Waals surface area contributed by atoms with Crippen LogP contribution in [0.5, 0.6) is 0 Å². The molecule has 0 saturated heterocycles. The first-order valence-electron chi connectivity index (χ1n) is 6.42. The number of rotatable bonds is 2. The lowest BCUT2D eigenvalue weighted by Crippen LogP contribution is -2.36. The Morgan fingerprint density at radius 2 is 1.90 bits per heavy atom. The Bertz CT molecular complexity index is 742. The van der Waals surface area contributed by atoms with E-state index in [1.165, 1.54) is 0 Å². The minimum atomic E-state index is -0.562. The van der Waals surface area contributed by atoms with E-state index in [1.54, 1.807) is 29.2 Å². The van der Waals surface area contributed by atoms with Gasteiger partial charge in [0.1, 0.15) is 6.54 Å². The molecule has 1 aliphatic rings. The van der Waals surface area contributed by atoms with Gasteiger partial charge in [0.25, 0.3) is 5.91 Å². The van der Waals surface area contributed by atoms with Gasteiger partial charge in [-0.25, -0.2) is 0 Å². The maximum atomic E-state index is 11.9. The van der Waals surface area contributed by atoms with Crippen LogP contribution in [0.15, 0.2) is 42.5 Å². The molecule has 0 unspecified atom stereocenters. The van der Waals surface area contributed by atoms with Gasteiger partial charge >= 0.3 is 0 Å². The minimum absolute atomic E-state index is 0.0980. The number of nitrogen functional groups attached to an aromatic ring is 1. The molecule has 5 N–H and O–H groups in total. The van der Waals surface area contributed by atoms with Crippen LogP contribution in [0.25, 0.3) is 0 Å². The average Bonchev–Trinajstić information content (AvgIpc) is 2.45. The molecular formula is C15H14N4O2. The van der Waals surface area contributed by atoms with E-state index in [0.29, 0.717) is 22.6 Å². The molecule has 0 aromatic heterocycles. The van der Waals surface area contributed by atoms with Crippen LogP contribution in [0, 0.1) is 0 Å². The molecule has 0 radical (unpaired) electrons. The molecule has 1 heterocycles. The standard InChI is InChI=1S/C15H14N4O2/c16-9-5-6-10(15(17)21)13(7-9)19-8-14(20)18-11-3-1-2-4-12(11)19/h1-7H,8,16H2,(H2,17,21)(H,18,20). The highest BCUT2D eigenvalue weighted by molar-refractivity contribution is 6.06. The maximum Gasteiger partial charge on any atom is 0.250 e. The molecule has 3 rings (SSSR count). The highest BCUT2D eigenvalue weighted by Crippen LogP contribution is 2.37. The van der Waals surface area contributed by atoms with Crippen molar-refractivity contribution in [2.75, 3.05) is 22.5 Å². The summed E-state index contributed by atoms with van der Waals surface area (Å²) in [5.41, 5.74) is 14.1. The van der Waals surface area contributed by atoms with E-state index >= 15 is 0 Å². The van der Waals surface area contributed by atoms with Gasteiger partial charge in [0.05, 0.1) is 22.6 Å². The van der Waals surface area contributed by atoms with E-state index in [4.69, 9.17) is 11.5 Å². The van der Waals surface area contributed by atoms with Crippen molar-refractivity contribution < 1.29 is 9.59 Å². The van der Waals surface area contributed by atoms with Crippen LogP contribution in [-0.4, -0.2) is 18.4 Å². The Morgan fingerprint density at radius 3 is 2.67 bits per heavy atom. The number of hydrogen-bond donors (Lipinski definition) is 3. The van der Waals surface area contributed by atoms with Crippen LogP contribution < -0.4 is 21.7 Å². The lowest BCUT2D eigenvalue weighted by molar-refractivity contribution is -0.115. The van der Waals surface area contributed by atoms with Gasteiger partial charge in [-0.1, -0.05) is 12.1 Å². The Morgan fingerprint density at radius 1 is 1.14 bits per heavy atom. The van der Waals surface area contributed by atoms with Gasteiger partial charge in [0.15, 0.2) is 0 Å². The molecule has 0 atom stereocenters. The summed E-state index contributed by atoms with van der Waals surface area (Å²) in [6.45, 7) is 0.0980. The minimum Gasteiger partial charge on any atom is -0.399 e. The van der Waals surface area contributed by atoms with Crippen molar-refractivity contribution in [3.05, 3.63) is 48.0 Å². The summed E-state index contributed by atoms with van der Waals surface area (Å²) in [7, 11) is 0. The first-order chi connectivity index (χ1) is 10.1. The SMILES string of the molecule is NC(=O)c1ccc(N)cc1N1CC(=O)Nc2ccccc21. The van der Waals surface area contributed by atoms with Crippen molar-refractivity contribution in [1.29, 1.82) is 0 Å². The smallest absolute Gasteiger partial charge is 0.250 e. The zero-order valence-electron chi connectivity index (χ0n) is 11.2. The summed E-state index contributed by atoms with van der Waals surface area (Å²) in [6, 6.07) is 12.2. The quantitative estimate of drug-likeness (QED) is 0.726. The Balaban J connectivity index is 2.19. The number of hydrogen-bond acceptors (Lipinski definition) is 4. The second kappa shape index (κ2) is 4.82. The van der Waals surface area contributed by atoms with Crippen LogP contribution in [-0.2, 0) is 4.79 Å². The molecule has 0 aliphatic carbocycles. The number of amides is 2. The topological polar surface area (TPSA) is 101 Å². The number of nitrogens with zero attached hydrogens (tertiary/aromatic N) is 1. The molecule has 21 heavy (non-hydrogen) atoms. The normalized spacial score (nSPS) is 13.5. The molecule has 2 amide bonds. The second-order valence-electron chi connectivity index (χ2n) is 4.79. The summed E-state index contributed by atoms with van der Waals surface area (Å²) >= 11 is 0. The average molecular weight is 282 g/mol. The highest BCUT2D eigenvalue weighted by atomic mass is 16.2. The van der Waals surface area contributed by atoms with E-state index < -0.39 is 5.91 Å². The van der Waals surface area contributed by atoms with Crippen molar-refractivity contribution in [3.8, 4) is 0 Å². The van der Waals surface area contributed by atoms with Crippen LogP contribution in [0.2, 0.25) is 0 Å². The van der Waals surface area contributed by atoms with E-state index in [2.05, 4.69) is 5.32 Å².